The Kier molecular flexibility index (Phi) is 7.87. The van der Waals surface area contributed by atoms with Crippen molar-refractivity contribution in [1.29, 1.82) is 0 Å². The van der Waals surface area contributed by atoms with Gasteiger partial charge in [0.1, 0.15) is 11.2 Å². The van der Waals surface area contributed by atoms with Crippen LogP contribution in [0.15, 0.2) is 235 Å². The van der Waals surface area contributed by atoms with E-state index in [9.17, 15) is 0 Å². The molecule has 0 aliphatic heterocycles. The van der Waals surface area contributed by atoms with Gasteiger partial charge in [0.2, 0.25) is 0 Å². The lowest BCUT2D eigenvalue weighted by molar-refractivity contribution is 0.671. The van der Waals surface area contributed by atoms with Gasteiger partial charge in [0.05, 0.1) is 22.1 Å². The third kappa shape index (κ3) is 5.16. The van der Waals surface area contributed by atoms with Gasteiger partial charge < -0.3 is 13.6 Å². The van der Waals surface area contributed by atoms with Crippen LogP contribution in [0, 0.1) is 0 Å². The van der Waals surface area contributed by atoms with E-state index in [2.05, 4.69) is 240 Å². The van der Waals surface area contributed by atoms with E-state index < -0.39 is 8.07 Å². The van der Waals surface area contributed by atoms with Crippen molar-refractivity contribution >= 4 is 126 Å². The number of para-hydroxylation sites is 5. The minimum Gasteiger partial charge on any atom is -0.456 e. The Morgan fingerprint density at radius 3 is 1.34 bits per heavy atom. The molecule has 0 unspecified atom stereocenters. The van der Waals surface area contributed by atoms with E-state index in [-0.39, 0.29) is 0 Å². The Morgan fingerprint density at radius 1 is 0.338 bits per heavy atom. The predicted molar refractivity (Wildman–Crippen MR) is 279 cm³/mol. The van der Waals surface area contributed by atoms with Crippen LogP contribution in [0.3, 0.4) is 0 Å². The summed E-state index contributed by atoms with van der Waals surface area (Å²) in [5.74, 6) is 0. The first kappa shape index (κ1) is 36.5. The van der Waals surface area contributed by atoms with Gasteiger partial charge in [-0.05, 0) is 81.4 Å². The van der Waals surface area contributed by atoms with Crippen LogP contribution in [0.4, 0.5) is 0 Å². The van der Waals surface area contributed by atoms with Crippen molar-refractivity contribution in [1.82, 2.24) is 9.13 Å². The topological polar surface area (TPSA) is 23.0 Å². The molecule has 0 aliphatic carbocycles. The molecule has 14 rings (SSSR count). The Bertz CT molecular complexity index is 3820. The first-order valence-corrected chi connectivity index (χ1v) is 25.1. The van der Waals surface area contributed by atoms with Gasteiger partial charge in [0.25, 0.3) is 0 Å². The molecule has 0 saturated heterocycles. The zero-order valence-corrected chi connectivity index (χ0v) is 37.0. The Labute approximate surface area is 379 Å². The third-order valence-corrected chi connectivity index (χ3v) is 20.1. The molecule has 65 heavy (non-hydrogen) atoms. The predicted octanol–water partition coefficient (Wildman–Crippen LogP) is 13.5. The SMILES string of the molecule is c1ccc([Si](c2ccccc2)(c2cccc3c2oc2ccc(-n4c5ccccc5c5ccccc54)cc23)c2cccc3c2sc2ccc(-n4c5ccccc5c5ccccc54)cc23)cc1. The zero-order valence-electron chi connectivity index (χ0n) is 35.2. The molecule has 14 aromatic rings. The molecular weight excluding hydrogens is 825 g/mol. The molecule has 0 bridgehead atoms. The lowest BCUT2D eigenvalue weighted by Crippen LogP contribution is -2.74. The van der Waals surface area contributed by atoms with E-state index in [4.69, 9.17) is 4.42 Å². The zero-order chi connectivity index (χ0) is 42.6. The molecule has 0 radical (unpaired) electrons. The molecule has 304 valence electrons. The highest BCUT2D eigenvalue weighted by molar-refractivity contribution is 7.31. The summed E-state index contributed by atoms with van der Waals surface area (Å²) in [7, 11) is -3.13. The van der Waals surface area contributed by atoms with Crippen LogP contribution in [0.25, 0.3) is 97.1 Å². The second-order valence-corrected chi connectivity index (χ2v) is 21.9. The van der Waals surface area contributed by atoms with E-state index in [0.717, 1.165) is 27.6 Å². The van der Waals surface area contributed by atoms with Gasteiger partial charge >= 0.3 is 0 Å². The molecule has 3 nitrogen and oxygen atoms in total. The summed E-state index contributed by atoms with van der Waals surface area (Å²) < 4.78 is 14.7. The van der Waals surface area contributed by atoms with Gasteiger partial charge in [-0.1, -0.05) is 170 Å². The van der Waals surface area contributed by atoms with E-state index in [1.807, 2.05) is 11.3 Å². The maximum atomic E-state index is 7.23. The molecule has 0 amide bonds. The van der Waals surface area contributed by atoms with Crippen LogP contribution in [0.2, 0.25) is 0 Å². The van der Waals surface area contributed by atoms with Crippen molar-refractivity contribution in [2.75, 3.05) is 0 Å². The van der Waals surface area contributed by atoms with Crippen LogP contribution in [-0.4, -0.2) is 17.2 Å². The summed E-state index contributed by atoms with van der Waals surface area (Å²) in [6.45, 7) is 0. The number of nitrogens with zero attached hydrogens (tertiary/aromatic N) is 2. The minimum absolute atomic E-state index is 0.888. The van der Waals surface area contributed by atoms with E-state index in [0.29, 0.717) is 0 Å². The summed E-state index contributed by atoms with van der Waals surface area (Å²) in [6.07, 6.45) is 0. The molecule has 4 aromatic heterocycles. The Morgan fingerprint density at radius 2 is 0.785 bits per heavy atom. The van der Waals surface area contributed by atoms with E-state index in [1.165, 1.54) is 90.2 Å². The first-order valence-electron chi connectivity index (χ1n) is 22.3. The fourth-order valence-corrected chi connectivity index (χ4v) is 17.8. The molecule has 0 aliphatic rings. The van der Waals surface area contributed by atoms with E-state index in [1.54, 1.807) is 0 Å². The lowest BCUT2D eigenvalue weighted by Gasteiger charge is -2.34. The molecule has 10 aromatic carbocycles. The van der Waals surface area contributed by atoms with Crippen molar-refractivity contribution in [3.63, 3.8) is 0 Å². The Hall–Kier alpha value is -7.96. The largest absolute Gasteiger partial charge is 0.456 e. The Balaban J connectivity index is 1.04. The third-order valence-electron chi connectivity index (χ3n) is 13.9. The summed E-state index contributed by atoms with van der Waals surface area (Å²) in [5.41, 5.74) is 8.95. The molecule has 0 fully saturated rings. The second kappa shape index (κ2) is 14.0. The summed E-state index contributed by atoms with van der Waals surface area (Å²) in [4.78, 5) is 0. The maximum Gasteiger partial charge on any atom is 0.185 e. The molecule has 5 heteroatoms. The smallest absolute Gasteiger partial charge is 0.185 e. The number of furan rings is 1. The van der Waals surface area contributed by atoms with Crippen LogP contribution in [0.1, 0.15) is 0 Å². The van der Waals surface area contributed by atoms with Gasteiger partial charge in [-0.15, -0.1) is 11.3 Å². The molecule has 0 atom stereocenters. The van der Waals surface area contributed by atoms with Gasteiger partial charge in [0.15, 0.2) is 8.07 Å². The summed E-state index contributed by atoms with van der Waals surface area (Å²) in [5, 5.41) is 15.1. The van der Waals surface area contributed by atoms with Crippen molar-refractivity contribution in [2.45, 2.75) is 0 Å². The van der Waals surface area contributed by atoms with Gasteiger partial charge in [0, 0.05) is 63.9 Å². The maximum absolute atomic E-state index is 7.23. The van der Waals surface area contributed by atoms with E-state index >= 15 is 0 Å². The number of thiophene rings is 1. The normalized spacial score (nSPS) is 12.3. The van der Waals surface area contributed by atoms with Crippen LogP contribution >= 0.6 is 11.3 Å². The number of hydrogen-bond donors (Lipinski definition) is 0. The second-order valence-electron chi connectivity index (χ2n) is 17.2. The van der Waals surface area contributed by atoms with Gasteiger partial charge in [-0.25, -0.2) is 0 Å². The van der Waals surface area contributed by atoms with Gasteiger partial charge in [-0.3, -0.25) is 0 Å². The number of aromatic nitrogens is 2. The van der Waals surface area contributed by atoms with Crippen molar-refractivity contribution in [3.05, 3.63) is 231 Å². The van der Waals surface area contributed by atoms with Crippen molar-refractivity contribution < 1.29 is 4.42 Å². The molecule has 0 spiro atoms. The summed E-state index contributed by atoms with van der Waals surface area (Å²) in [6, 6.07) is 85.2. The lowest BCUT2D eigenvalue weighted by atomic mass is 10.1. The first-order chi connectivity index (χ1) is 32.3. The molecule has 4 heterocycles. The van der Waals surface area contributed by atoms with Crippen LogP contribution < -0.4 is 20.7 Å². The van der Waals surface area contributed by atoms with Crippen LogP contribution in [-0.2, 0) is 0 Å². The fourth-order valence-electron chi connectivity index (χ4n) is 11.2. The number of hydrogen-bond acceptors (Lipinski definition) is 2. The minimum atomic E-state index is -3.13. The fraction of sp³-hybridized carbons (Fsp3) is 0. The molecule has 0 N–H and O–H groups in total. The summed E-state index contributed by atoms with van der Waals surface area (Å²) >= 11 is 1.92. The number of fused-ring (bicyclic) bond motifs is 12. The average molecular weight is 863 g/mol. The molecule has 0 saturated carbocycles. The molecular formula is C60H38N2OSSi. The monoisotopic (exact) mass is 862 g/mol. The highest BCUT2D eigenvalue weighted by atomic mass is 32.1. The number of rotatable bonds is 6. The highest BCUT2D eigenvalue weighted by Crippen LogP contribution is 2.40. The van der Waals surface area contributed by atoms with Crippen LogP contribution in [0.5, 0.6) is 0 Å². The van der Waals surface area contributed by atoms with Crippen molar-refractivity contribution in [3.8, 4) is 11.4 Å². The quantitative estimate of drug-likeness (QED) is 0.121. The van der Waals surface area contributed by atoms with Gasteiger partial charge in [-0.2, -0.15) is 0 Å². The highest BCUT2D eigenvalue weighted by Gasteiger charge is 2.45. The number of benzene rings is 10. The van der Waals surface area contributed by atoms with Crippen molar-refractivity contribution in [2.24, 2.45) is 0 Å². The average Bonchev–Trinajstić information content (AvgIpc) is 4.13. The standard InChI is InChI=1S/C60H38N2OSSi/c1-3-17-41(18-4-1)65(42-19-5-2-6-20-42,57-31-15-25-47-49-37-39(33-35-55(49)63-59(47)57)61-51-27-11-7-21-43(51)44-22-8-12-28-52(44)61)58-32-16-26-48-50-38-40(34-36-56(50)64-60(48)58)62-53-29-13-9-23-45(53)46-24-10-14-30-54(46)62/h1-38H.